The van der Waals surface area contributed by atoms with Crippen molar-refractivity contribution in [2.45, 2.75) is 31.3 Å². The lowest BCUT2D eigenvalue weighted by Gasteiger charge is -2.36. The predicted octanol–water partition coefficient (Wildman–Crippen LogP) is 7.30. The van der Waals surface area contributed by atoms with Gasteiger partial charge < -0.3 is 19.5 Å². The third kappa shape index (κ3) is 4.56. The van der Waals surface area contributed by atoms with E-state index < -0.39 is 0 Å². The minimum atomic E-state index is -0.207. The van der Waals surface area contributed by atoms with Crippen molar-refractivity contribution in [3.8, 4) is 17.2 Å². The molecule has 0 fully saturated rings. The summed E-state index contributed by atoms with van der Waals surface area (Å²) in [5.74, 6) is 2.26. The first-order chi connectivity index (χ1) is 18.6. The summed E-state index contributed by atoms with van der Waals surface area (Å²) < 4.78 is 17.3. The Hall–Kier alpha value is -4.03. The number of nitrogens with one attached hydrogen (secondary N) is 1. The zero-order chi connectivity index (χ0) is 26.1. The SMILES string of the molecule is COc1cc2c(cc1OC)[C@H](c1ccc(OCc3ccccc3)cc1)C1=C(C[C@@H](c3cccs3)CC1=O)N2. The third-order valence-electron chi connectivity index (χ3n) is 7.36. The molecule has 0 radical (unpaired) electrons. The quantitative estimate of drug-likeness (QED) is 0.275. The van der Waals surface area contributed by atoms with Crippen LogP contribution < -0.4 is 19.5 Å². The summed E-state index contributed by atoms with van der Waals surface area (Å²) in [4.78, 5) is 15.0. The number of benzene rings is 3. The Morgan fingerprint density at radius 3 is 2.37 bits per heavy atom. The fourth-order valence-corrected chi connectivity index (χ4v) is 6.34. The molecule has 38 heavy (non-hydrogen) atoms. The summed E-state index contributed by atoms with van der Waals surface area (Å²) in [7, 11) is 3.27. The minimum Gasteiger partial charge on any atom is -0.493 e. The normalized spacial score (nSPS) is 18.3. The molecule has 0 spiro atoms. The number of rotatable bonds is 7. The number of methoxy groups -OCH3 is 2. The zero-order valence-electron chi connectivity index (χ0n) is 21.4. The van der Waals surface area contributed by atoms with Gasteiger partial charge in [-0.05, 0) is 52.8 Å². The smallest absolute Gasteiger partial charge is 0.162 e. The Labute approximate surface area is 226 Å². The van der Waals surface area contributed by atoms with Gasteiger partial charge in [0.15, 0.2) is 17.3 Å². The first-order valence-electron chi connectivity index (χ1n) is 12.7. The second-order valence-electron chi connectivity index (χ2n) is 9.63. The highest BCUT2D eigenvalue weighted by Crippen LogP contribution is 2.50. The van der Waals surface area contributed by atoms with E-state index in [1.807, 2.05) is 54.6 Å². The predicted molar refractivity (Wildman–Crippen MR) is 151 cm³/mol. The summed E-state index contributed by atoms with van der Waals surface area (Å²) >= 11 is 1.72. The number of hydrogen-bond donors (Lipinski definition) is 1. The summed E-state index contributed by atoms with van der Waals surface area (Å²) in [5, 5.41) is 5.68. The van der Waals surface area contributed by atoms with Crippen LogP contribution in [0, 0.1) is 0 Å². The van der Waals surface area contributed by atoms with E-state index in [0.29, 0.717) is 24.5 Å². The zero-order valence-corrected chi connectivity index (χ0v) is 22.2. The highest BCUT2D eigenvalue weighted by molar-refractivity contribution is 7.10. The van der Waals surface area contributed by atoms with Gasteiger partial charge in [-0.1, -0.05) is 48.5 Å². The summed E-state index contributed by atoms with van der Waals surface area (Å²) in [6, 6.07) is 26.4. The Kier molecular flexibility index (Phi) is 6.64. The van der Waals surface area contributed by atoms with Gasteiger partial charge in [-0.3, -0.25) is 4.79 Å². The number of Topliss-reactive ketones (excluding diaryl/α,β-unsaturated/α-hetero) is 1. The third-order valence-corrected chi connectivity index (χ3v) is 8.39. The molecular formula is C32H29NO4S. The largest absolute Gasteiger partial charge is 0.493 e. The Bertz CT molecular complexity index is 1480. The van der Waals surface area contributed by atoms with E-state index in [2.05, 4.69) is 35.0 Å². The fraction of sp³-hybridized carbons (Fsp3) is 0.219. The first-order valence-corrected chi connectivity index (χ1v) is 13.6. The molecule has 0 saturated heterocycles. The number of allylic oxidation sites excluding steroid dienone is 2. The fourth-order valence-electron chi connectivity index (χ4n) is 5.51. The van der Waals surface area contributed by atoms with Gasteiger partial charge in [0.1, 0.15) is 12.4 Å². The molecule has 1 N–H and O–H groups in total. The van der Waals surface area contributed by atoms with Crippen molar-refractivity contribution in [1.29, 1.82) is 0 Å². The second-order valence-corrected chi connectivity index (χ2v) is 10.6. The molecule has 0 unspecified atom stereocenters. The Balaban J connectivity index is 1.38. The highest BCUT2D eigenvalue weighted by Gasteiger charge is 2.39. The van der Waals surface area contributed by atoms with E-state index in [0.717, 1.165) is 45.8 Å². The summed E-state index contributed by atoms with van der Waals surface area (Å²) in [6.45, 7) is 0.505. The van der Waals surface area contributed by atoms with Gasteiger partial charge in [0.25, 0.3) is 0 Å². The second kappa shape index (κ2) is 10.4. The van der Waals surface area contributed by atoms with E-state index in [1.165, 1.54) is 4.88 Å². The average Bonchev–Trinajstić information content (AvgIpc) is 3.50. The van der Waals surface area contributed by atoms with Crippen LogP contribution in [-0.2, 0) is 11.4 Å². The monoisotopic (exact) mass is 523 g/mol. The van der Waals surface area contributed by atoms with E-state index in [4.69, 9.17) is 14.2 Å². The molecule has 4 aromatic rings. The maximum absolute atomic E-state index is 13.8. The van der Waals surface area contributed by atoms with Gasteiger partial charge >= 0.3 is 0 Å². The van der Waals surface area contributed by atoms with Crippen molar-refractivity contribution >= 4 is 22.8 Å². The molecule has 192 valence electrons. The van der Waals surface area contributed by atoms with Crippen LogP contribution in [0.1, 0.15) is 46.2 Å². The maximum atomic E-state index is 13.8. The van der Waals surface area contributed by atoms with E-state index in [-0.39, 0.29) is 17.6 Å². The van der Waals surface area contributed by atoms with E-state index in [1.54, 1.807) is 25.6 Å². The van der Waals surface area contributed by atoms with Gasteiger partial charge in [-0.2, -0.15) is 0 Å². The molecule has 2 atom stereocenters. The molecule has 0 saturated carbocycles. The van der Waals surface area contributed by atoms with E-state index >= 15 is 0 Å². The highest BCUT2D eigenvalue weighted by atomic mass is 32.1. The lowest BCUT2D eigenvalue weighted by molar-refractivity contribution is -0.116. The summed E-state index contributed by atoms with van der Waals surface area (Å²) in [6.07, 6.45) is 1.31. The molecular weight excluding hydrogens is 494 g/mol. The molecule has 0 bridgehead atoms. The van der Waals surface area contributed by atoms with Gasteiger partial charge in [-0.15, -0.1) is 11.3 Å². The molecule has 0 amide bonds. The molecule has 1 aliphatic heterocycles. The standard InChI is InChI=1S/C32H29NO4S/c1-35-28-17-24-25(18-29(28)36-2)33-26-15-22(30-9-6-14-38-30)16-27(34)32(26)31(24)21-10-12-23(13-11-21)37-19-20-7-4-3-5-8-20/h3-14,17-18,22,31,33H,15-16,19H2,1-2H3/t22-,31+/m1/s1. The average molecular weight is 524 g/mol. The molecule has 1 aliphatic carbocycles. The molecule has 5 nitrogen and oxygen atoms in total. The van der Waals surface area contributed by atoms with Crippen LogP contribution >= 0.6 is 11.3 Å². The van der Waals surface area contributed by atoms with Crippen LogP contribution in [0.5, 0.6) is 17.2 Å². The number of fused-ring (bicyclic) bond motifs is 1. The van der Waals surface area contributed by atoms with Gasteiger partial charge in [0, 0.05) is 46.2 Å². The number of ketones is 1. The number of carbonyl (C=O) groups is 1. The lowest BCUT2D eigenvalue weighted by atomic mass is 9.73. The molecule has 6 rings (SSSR count). The number of ether oxygens (including phenoxy) is 3. The van der Waals surface area contributed by atoms with Crippen molar-refractivity contribution < 1.29 is 19.0 Å². The summed E-state index contributed by atoms with van der Waals surface area (Å²) in [5.41, 5.74) is 5.94. The minimum absolute atomic E-state index is 0.185. The van der Waals surface area contributed by atoms with Crippen LogP contribution in [0.15, 0.2) is 95.5 Å². The van der Waals surface area contributed by atoms with Crippen LogP contribution in [0.2, 0.25) is 0 Å². The first kappa shape index (κ1) is 24.3. The lowest BCUT2D eigenvalue weighted by Crippen LogP contribution is -2.29. The van der Waals surface area contributed by atoms with Crippen LogP contribution in [-0.4, -0.2) is 20.0 Å². The van der Waals surface area contributed by atoms with Gasteiger partial charge in [0.05, 0.1) is 14.2 Å². The van der Waals surface area contributed by atoms with Crippen LogP contribution in [0.3, 0.4) is 0 Å². The van der Waals surface area contributed by atoms with Crippen molar-refractivity contribution in [3.63, 3.8) is 0 Å². The molecule has 3 aromatic carbocycles. The van der Waals surface area contributed by atoms with Crippen molar-refractivity contribution in [2.24, 2.45) is 0 Å². The molecule has 6 heteroatoms. The van der Waals surface area contributed by atoms with E-state index in [9.17, 15) is 4.79 Å². The van der Waals surface area contributed by atoms with Crippen molar-refractivity contribution in [3.05, 3.63) is 117 Å². The topological polar surface area (TPSA) is 56.8 Å². The van der Waals surface area contributed by atoms with Crippen molar-refractivity contribution in [1.82, 2.24) is 0 Å². The number of anilines is 1. The molecule has 2 aliphatic rings. The van der Waals surface area contributed by atoms with Crippen LogP contribution in [0.25, 0.3) is 0 Å². The van der Waals surface area contributed by atoms with Gasteiger partial charge in [-0.25, -0.2) is 0 Å². The number of carbonyl (C=O) groups excluding carboxylic acids is 1. The molecule has 1 aromatic heterocycles. The maximum Gasteiger partial charge on any atom is 0.162 e. The van der Waals surface area contributed by atoms with Gasteiger partial charge in [0.2, 0.25) is 0 Å². The number of thiophene rings is 1. The Morgan fingerprint density at radius 2 is 1.66 bits per heavy atom. The van der Waals surface area contributed by atoms with Crippen molar-refractivity contribution in [2.75, 3.05) is 19.5 Å². The molecule has 2 heterocycles. The van der Waals surface area contributed by atoms with Crippen LogP contribution in [0.4, 0.5) is 5.69 Å². The number of hydrogen-bond acceptors (Lipinski definition) is 6. The Morgan fingerprint density at radius 1 is 0.895 bits per heavy atom.